The van der Waals surface area contributed by atoms with Gasteiger partial charge in [-0.1, -0.05) is 20.3 Å². The zero-order valence-corrected chi connectivity index (χ0v) is 12.2. The molecule has 0 aromatic rings. The van der Waals surface area contributed by atoms with E-state index in [2.05, 4.69) is 0 Å². The predicted molar refractivity (Wildman–Crippen MR) is 67.4 cm³/mol. The van der Waals surface area contributed by atoms with E-state index in [9.17, 15) is 18.0 Å². The van der Waals surface area contributed by atoms with Gasteiger partial charge in [-0.15, -0.1) is 0 Å². The van der Waals surface area contributed by atoms with Crippen LogP contribution in [0.15, 0.2) is 0 Å². The van der Waals surface area contributed by atoms with Gasteiger partial charge in [-0.05, 0) is 33.1 Å². The van der Waals surface area contributed by atoms with Gasteiger partial charge in [0.25, 0.3) is 0 Å². The van der Waals surface area contributed by atoms with Crippen LogP contribution in [0.5, 0.6) is 0 Å². The SMILES string of the molecule is CC(C)CC[C@@H](C(=O)OC(C)(C)C)[C@@H](N)C(F)(F)F. The number of esters is 1. The summed E-state index contributed by atoms with van der Waals surface area (Å²) >= 11 is 0. The van der Waals surface area contributed by atoms with Crippen LogP contribution in [0.25, 0.3) is 0 Å². The molecular formula is C13H24F3NO2. The van der Waals surface area contributed by atoms with Crippen molar-refractivity contribution < 1.29 is 22.7 Å². The molecule has 0 saturated heterocycles. The lowest BCUT2D eigenvalue weighted by Gasteiger charge is -2.28. The van der Waals surface area contributed by atoms with Crippen molar-refractivity contribution in [2.24, 2.45) is 17.6 Å². The van der Waals surface area contributed by atoms with Gasteiger partial charge in [0, 0.05) is 0 Å². The van der Waals surface area contributed by atoms with Gasteiger partial charge >= 0.3 is 12.1 Å². The highest BCUT2D eigenvalue weighted by molar-refractivity contribution is 5.73. The van der Waals surface area contributed by atoms with Crippen LogP contribution in [-0.4, -0.2) is 23.8 Å². The molecule has 2 atom stereocenters. The number of hydrogen-bond donors (Lipinski definition) is 1. The van der Waals surface area contributed by atoms with E-state index < -0.39 is 29.7 Å². The van der Waals surface area contributed by atoms with Gasteiger partial charge < -0.3 is 10.5 Å². The molecule has 0 amide bonds. The summed E-state index contributed by atoms with van der Waals surface area (Å²) < 4.78 is 43.1. The minimum absolute atomic E-state index is 0.0766. The first-order chi connectivity index (χ1) is 8.34. The quantitative estimate of drug-likeness (QED) is 0.788. The average Bonchev–Trinajstić information content (AvgIpc) is 2.12. The second-order valence-electron chi connectivity index (χ2n) is 6.18. The summed E-state index contributed by atoms with van der Waals surface area (Å²) in [5.74, 6) is -2.02. The van der Waals surface area contributed by atoms with Crippen molar-refractivity contribution in [1.82, 2.24) is 0 Å². The van der Waals surface area contributed by atoms with Crippen LogP contribution in [-0.2, 0) is 9.53 Å². The van der Waals surface area contributed by atoms with Crippen LogP contribution in [0.1, 0.15) is 47.5 Å². The normalized spacial score (nSPS) is 16.3. The number of rotatable bonds is 5. The Morgan fingerprint density at radius 2 is 1.63 bits per heavy atom. The molecule has 0 radical (unpaired) electrons. The van der Waals surface area contributed by atoms with Crippen LogP contribution < -0.4 is 5.73 Å². The fourth-order valence-corrected chi connectivity index (χ4v) is 1.56. The van der Waals surface area contributed by atoms with E-state index in [-0.39, 0.29) is 12.3 Å². The zero-order chi connectivity index (χ0) is 15.4. The van der Waals surface area contributed by atoms with Gasteiger partial charge in [-0.25, -0.2) is 0 Å². The fourth-order valence-electron chi connectivity index (χ4n) is 1.56. The molecule has 0 heterocycles. The molecule has 0 rings (SSSR count). The number of nitrogens with two attached hydrogens (primary N) is 1. The van der Waals surface area contributed by atoms with Crippen LogP contribution in [0.2, 0.25) is 0 Å². The Morgan fingerprint density at radius 1 is 1.16 bits per heavy atom. The van der Waals surface area contributed by atoms with Crippen LogP contribution >= 0.6 is 0 Å². The average molecular weight is 283 g/mol. The first kappa shape index (κ1) is 18.2. The molecule has 114 valence electrons. The minimum Gasteiger partial charge on any atom is -0.460 e. The number of carbonyl (C=O) groups excluding carboxylic acids is 1. The molecule has 0 aromatic carbocycles. The molecule has 0 aliphatic carbocycles. The van der Waals surface area contributed by atoms with Gasteiger partial charge in [0.05, 0.1) is 5.92 Å². The van der Waals surface area contributed by atoms with Gasteiger partial charge in [-0.2, -0.15) is 13.2 Å². The van der Waals surface area contributed by atoms with E-state index in [0.717, 1.165) is 0 Å². The van der Waals surface area contributed by atoms with Gasteiger partial charge in [0.1, 0.15) is 11.6 Å². The largest absolute Gasteiger partial charge is 0.460 e. The third-order valence-electron chi connectivity index (χ3n) is 2.58. The summed E-state index contributed by atoms with van der Waals surface area (Å²) in [6.45, 7) is 8.60. The van der Waals surface area contributed by atoms with Crippen molar-refractivity contribution >= 4 is 5.97 Å². The predicted octanol–water partition coefficient (Wildman–Crippen LogP) is 3.27. The summed E-state index contributed by atoms with van der Waals surface area (Å²) in [6, 6.07) is -2.18. The Kier molecular flexibility index (Phi) is 6.32. The maximum absolute atomic E-state index is 12.7. The first-order valence-corrected chi connectivity index (χ1v) is 6.39. The summed E-state index contributed by atoms with van der Waals surface area (Å²) in [5, 5.41) is 0. The van der Waals surface area contributed by atoms with E-state index in [1.807, 2.05) is 13.8 Å². The molecule has 19 heavy (non-hydrogen) atoms. The molecule has 0 aromatic heterocycles. The number of halogens is 3. The van der Waals surface area contributed by atoms with Crippen molar-refractivity contribution in [3.63, 3.8) is 0 Å². The Morgan fingerprint density at radius 3 is 1.95 bits per heavy atom. The summed E-state index contributed by atoms with van der Waals surface area (Å²) in [6.07, 6.45) is -4.03. The third-order valence-corrected chi connectivity index (χ3v) is 2.58. The van der Waals surface area contributed by atoms with Crippen molar-refractivity contribution in [2.45, 2.75) is 65.3 Å². The molecule has 0 aliphatic rings. The molecule has 2 N–H and O–H groups in total. The molecule has 0 spiro atoms. The summed E-state index contributed by atoms with van der Waals surface area (Å²) in [7, 11) is 0. The van der Waals surface area contributed by atoms with Crippen molar-refractivity contribution in [3.8, 4) is 0 Å². The van der Waals surface area contributed by atoms with E-state index in [0.29, 0.717) is 6.42 Å². The number of hydrogen-bond acceptors (Lipinski definition) is 3. The smallest absolute Gasteiger partial charge is 0.404 e. The molecule has 0 fully saturated rings. The maximum Gasteiger partial charge on any atom is 0.404 e. The first-order valence-electron chi connectivity index (χ1n) is 6.39. The lowest BCUT2D eigenvalue weighted by Crippen LogP contribution is -2.48. The Balaban J connectivity index is 4.90. The van der Waals surface area contributed by atoms with Gasteiger partial charge in [-0.3, -0.25) is 4.79 Å². The third kappa shape index (κ3) is 7.40. The maximum atomic E-state index is 12.7. The Labute approximate surface area is 112 Å². The number of carbonyl (C=O) groups is 1. The zero-order valence-electron chi connectivity index (χ0n) is 12.2. The lowest BCUT2D eigenvalue weighted by atomic mass is 9.91. The van der Waals surface area contributed by atoms with Crippen molar-refractivity contribution in [3.05, 3.63) is 0 Å². The summed E-state index contributed by atoms with van der Waals surface area (Å²) in [4.78, 5) is 11.9. The molecule has 0 bridgehead atoms. The van der Waals surface area contributed by atoms with Crippen molar-refractivity contribution in [1.29, 1.82) is 0 Å². The number of alkyl halides is 3. The van der Waals surface area contributed by atoms with Crippen LogP contribution in [0.4, 0.5) is 13.2 Å². The van der Waals surface area contributed by atoms with E-state index in [4.69, 9.17) is 10.5 Å². The van der Waals surface area contributed by atoms with E-state index >= 15 is 0 Å². The standard InChI is InChI=1S/C13H24F3NO2/c1-8(2)6-7-9(10(17)13(14,15)16)11(18)19-12(3,4)5/h8-10H,6-7,17H2,1-5H3/t9-,10-/m1/s1. The number of ether oxygens (including phenoxy) is 1. The summed E-state index contributed by atoms with van der Waals surface area (Å²) in [5.41, 5.74) is 4.35. The highest BCUT2D eigenvalue weighted by Gasteiger charge is 2.46. The molecular weight excluding hydrogens is 259 g/mol. The Bertz CT molecular complexity index is 295. The lowest BCUT2D eigenvalue weighted by molar-refractivity contribution is -0.183. The molecule has 0 saturated carbocycles. The molecule has 6 heteroatoms. The van der Waals surface area contributed by atoms with Crippen LogP contribution in [0.3, 0.4) is 0 Å². The van der Waals surface area contributed by atoms with E-state index in [1.165, 1.54) is 0 Å². The molecule has 0 aliphatic heterocycles. The van der Waals surface area contributed by atoms with Gasteiger partial charge in [0.15, 0.2) is 0 Å². The van der Waals surface area contributed by atoms with E-state index in [1.54, 1.807) is 20.8 Å². The van der Waals surface area contributed by atoms with Gasteiger partial charge in [0.2, 0.25) is 0 Å². The molecule has 3 nitrogen and oxygen atoms in total. The highest BCUT2D eigenvalue weighted by atomic mass is 19.4. The minimum atomic E-state index is -4.60. The fraction of sp³-hybridized carbons (Fsp3) is 0.923. The van der Waals surface area contributed by atoms with Crippen LogP contribution in [0, 0.1) is 11.8 Å². The molecule has 0 unspecified atom stereocenters. The second kappa shape index (κ2) is 6.59. The topological polar surface area (TPSA) is 52.3 Å². The second-order valence-corrected chi connectivity index (χ2v) is 6.18. The van der Waals surface area contributed by atoms with Crippen molar-refractivity contribution in [2.75, 3.05) is 0 Å². The Hall–Kier alpha value is -0.780. The monoisotopic (exact) mass is 283 g/mol. The highest BCUT2D eigenvalue weighted by Crippen LogP contribution is 2.29.